The van der Waals surface area contributed by atoms with Crippen molar-refractivity contribution in [1.82, 2.24) is 14.8 Å². The summed E-state index contributed by atoms with van der Waals surface area (Å²) in [6.07, 6.45) is 5.92. The Morgan fingerprint density at radius 2 is 2.00 bits per heavy atom. The van der Waals surface area contributed by atoms with Crippen LogP contribution < -0.4 is 4.72 Å². The summed E-state index contributed by atoms with van der Waals surface area (Å²) in [5.41, 5.74) is 1.52. The van der Waals surface area contributed by atoms with Crippen LogP contribution in [0.4, 0.5) is 0 Å². The molecule has 0 bridgehead atoms. The maximum atomic E-state index is 12.5. The lowest BCUT2D eigenvalue weighted by Crippen LogP contribution is -2.37. The Bertz CT molecular complexity index is 805. The van der Waals surface area contributed by atoms with Gasteiger partial charge >= 0.3 is 0 Å². The number of likely N-dealkylation sites (tertiary alicyclic amines) is 1. The predicted octanol–water partition coefficient (Wildman–Crippen LogP) is 3.64. The molecule has 6 nitrogen and oxygen atoms in total. The van der Waals surface area contributed by atoms with Crippen LogP contribution >= 0.6 is 11.3 Å². The number of aromatic nitrogens is 1. The molecule has 3 rings (SSSR count). The number of rotatable bonds is 7. The second kappa shape index (κ2) is 8.65. The first-order valence-corrected chi connectivity index (χ1v) is 11.6. The molecule has 0 radical (unpaired) electrons. The van der Waals surface area contributed by atoms with E-state index in [9.17, 15) is 8.42 Å². The molecule has 1 N–H and O–H groups in total. The molecule has 0 aliphatic carbocycles. The molecule has 1 aliphatic heterocycles. The summed E-state index contributed by atoms with van der Waals surface area (Å²) >= 11 is 1.20. The number of thiophene rings is 1. The van der Waals surface area contributed by atoms with Gasteiger partial charge in [0.1, 0.15) is 4.21 Å². The number of hydrogen-bond donors (Lipinski definition) is 1. The molecule has 3 heterocycles. The number of nitrogens with zero attached hydrogens (tertiary/aromatic N) is 2. The lowest BCUT2D eigenvalue weighted by atomic mass is 10.2. The number of nitrogens with one attached hydrogen (secondary N) is 1. The van der Waals surface area contributed by atoms with Gasteiger partial charge < -0.3 is 9.42 Å². The van der Waals surface area contributed by atoms with E-state index < -0.39 is 10.0 Å². The van der Waals surface area contributed by atoms with E-state index in [2.05, 4.69) is 21.7 Å². The van der Waals surface area contributed by atoms with Gasteiger partial charge in [-0.05, 0) is 52.3 Å². The van der Waals surface area contributed by atoms with Gasteiger partial charge in [-0.3, -0.25) is 0 Å². The minimum atomic E-state index is -3.49. The Morgan fingerprint density at radius 1 is 1.27 bits per heavy atom. The highest BCUT2D eigenvalue weighted by Crippen LogP contribution is 2.28. The highest BCUT2D eigenvalue weighted by Gasteiger charge is 2.20. The minimum absolute atomic E-state index is 0.309. The maximum absolute atomic E-state index is 12.5. The van der Waals surface area contributed by atoms with Gasteiger partial charge in [0.05, 0.1) is 5.69 Å². The molecule has 26 heavy (non-hydrogen) atoms. The average molecular weight is 398 g/mol. The molecular formula is C18H27N3O3S2. The Labute approximate surface area is 159 Å². The Morgan fingerprint density at radius 3 is 2.65 bits per heavy atom. The van der Waals surface area contributed by atoms with Crippen LogP contribution in [-0.2, 0) is 10.0 Å². The fraction of sp³-hybridized carbons (Fsp3) is 0.611. The highest BCUT2D eigenvalue weighted by molar-refractivity contribution is 7.91. The predicted molar refractivity (Wildman–Crippen MR) is 104 cm³/mol. The summed E-state index contributed by atoms with van der Waals surface area (Å²) in [7, 11) is -3.49. The molecule has 2 aromatic rings. The first kappa shape index (κ1) is 19.5. The number of aryl methyl sites for hydroxylation is 1. The lowest BCUT2D eigenvalue weighted by Gasteiger charge is -2.27. The third-order valence-corrected chi connectivity index (χ3v) is 7.77. The number of sulfonamides is 1. The first-order chi connectivity index (χ1) is 12.5. The lowest BCUT2D eigenvalue weighted by molar-refractivity contribution is 0.208. The van der Waals surface area contributed by atoms with E-state index in [0.717, 1.165) is 30.8 Å². The van der Waals surface area contributed by atoms with Crippen LogP contribution in [0.5, 0.6) is 0 Å². The summed E-state index contributed by atoms with van der Waals surface area (Å²) in [6.45, 7) is 6.73. The fourth-order valence-corrected chi connectivity index (χ4v) is 5.54. The second-order valence-electron chi connectivity index (χ2n) is 6.97. The van der Waals surface area contributed by atoms with Gasteiger partial charge in [-0.2, -0.15) is 0 Å². The topological polar surface area (TPSA) is 75.4 Å². The zero-order valence-corrected chi connectivity index (χ0v) is 17.0. The van der Waals surface area contributed by atoms with Crippen LogP contribution in [0.1, 0.15) is 44.7 Å². The summed E-state index contributed by atoms with van der Waals surface area (Å²) < 4.78 is 33.3. The third kappa shape index (κ3) is 4.94. The van der Waals surface area contributed by atoms with Gasteiger partial charge in [0.25, 0.3) is 0 Å². The van der Waals surface area contributed by atoms with Crippen molar-refractivity contribution < 1.29 is 12.9 Å². The molecule has 1 unspecified atom stereocenters. The fourth-order valence-electron chi connectivity index (χ4n) is 3.28. The van der Waals surface area contributed by atoms with Gasteiger partial charge in [-0.1, -0.05) is 18.0 Å². The molecule has 1 atom stereocenters. The average Bonchev–Trinajstić information content (AvgIpc) is 3.17. The van der Waals surface area contributed by atoms with Crippen molar-refractivity contribution in [3.05, 3.63) is 23.2 Å². The van der Waals surface area contributed by atoms with Crippen LogP contribution in [0.15, 0.2) is 26.2 Å². The van der Waals surface area contributed by atoms with Crippen molar-refractivity contribution in [1.29, 1.82) is 0 Å². The van der Waals surface area contributed by atoms with E-state index in [1.165, 1.54) is 37.0 Å². The molecule has 8 heteroatoms. The van der Waals surface area contributed by atoms with Crippen LogP contribution in [0.3, 0.4) is 0 Å². The van der Waals surface area contributed by atoms with Crippen LogP contribution in [0, 0.1) is 6.92 Å². The van der Waals surface area contributed by atoms with Crippen molar-refractivity contribution in [3.63, 3.8) is 0 Å². The van der Waals surface area contributed by atoms with Crippen LogP contribution in [0.25, 0.3) is 11.3 Å². The standard InChI is InChI=1S/C18H27N3O3S2/c1-14-11-17(24-20-14)16-12-18(25-13-16)26(22,23)19-8-7-15(2)21-9-5-3-4-6-10-21/h11-13,15,19H,3-10H2,1-2H3. The molecule has 1 fully saturated rings. The van der Waals surface area contributed by atoms with Gasteiger partial charge in [-0.25, -0.2) is 13.1 Å². The molecule has 0 spiro atoms. The SMILES string of the molecule is Cc1cc(-c2csc(S(=O)(=O)NCCC(C)N3CCCCCC3)c2)on1. The smallest absolute Gasteiger partial charge is 0.250 e. The summed E-state index contributed by atoms with van der Waals surface area (Å²) in [6, 6.07) is 3.84. The Hall–Kier alpha value is -1.22. The Balaban J connectivity index is 1.54. The molecule has 1 saturated heterocycles. The monoisotopic (exact) mass is 397 g/mol. The van der Waals surface area contributed by atoms with Crippen molar-refractivity contribution in [2.24, 2.45) is 0 Å². The second-order valence-corrected chi connectivity index (χ2v) is 9.88. The van der Waals surface area contributed by atoms with Crippen molar-refractivity contribution >= 4 is 21.4 Å². The summed E-state index contributed by atoms with van der Waals surface area (Å²) in [4.78, 5) is 2.48. The van der Waals surface area contributed by atoms with E-state index in [-0.39, 0.29) is 0 Å². The summed E-state index contributed by atoms with van der Waals surface area (Å²) in [5.74, 6) is 0.593. The van der Waals surface area contributed by atoms with Crippen molar-refractivity contribution in [3.8, 4) is 11.3 Å². The Kier molecular flexibility index (Phi) is 6.50. The quantitative estimate of drug-likeness (QED) is 0.772. The largest absolute Gasteiger partial charge is 0.356 e. The first-order valence-electron chi connectivity index (χ1n) is 9.21. The van der Waals surface area contributed by atoms with E-state index >= 15 is 0 Å². The van der Waals surface area contributed by atoms with Gasteiger partial charge in [-0.15, -0.1) is 11.3 Å². The van der Waals surface area contributed by atoms with Gasteiger partial charge in [0, 0.05) is 29.6 Å². The number of hydrogen-bond acceptors (Lipinski definition) is 6. The normalized spacial score (nSPS) is 17.9. The van der Waals surface area contributed by atoms with E-state index in [0.29, 0.717) is 22.6 Å². The molecular weight excluding hydrogens is 370 g/mol. The maximum Gasteiger partial charge on any atom is 0.250 e. The van der Waals surface area contributed by atoms with E-state index in [1.807, 2.05) is 6.92 Å². The zero-order valence-electron chi connectivity index (χ0n) is 15.4. The van der Waals surface area contributed by atoms with Gasteiger partial charge in [0.2, 0.25) is 10.0 Å². The van der Waals surface area contributed by atoms with Crippen LogP contribution in [0.2, 0.25) is 0 Å². The third-order valence-electron chi connectivity index (χ3n) is 4.87. The molecule has 0 saturated carbocycles. The molecule has 2 aromatic heterocycles. The van der Waals surface area contributed by atoms with E-state index in [1.54, 1.807) is 17.5 Å². The molecule has 1 aliphatic rings. The molecule has 144 valence electrons. The minimum Gasteiger partial charge on any atom is -0.356 e. The van der Waals surface area contributed by atoms with Crippen molar-refractivity contribution in [2.45, 2.75) is 56.2 Å². The van der Waals surface area contributed by atoms with Crippen LogP contribution in [-0.4, -0.2) is 44.2 Å². The van der Waals surface area contributed by atoms with Crippen molar-refractivity contribution in [2.75, 3.05) is 19.6 Å². The van der Waals surface area contributed by atoms with Gasteiger partial charge in [0.15, 0.2) is 5.76 Å². The zero-order chi connectivity index (χ0) is 18.6. The van der Waals surface area contributed by atoms with E-state index in [4.69, 9.17) is 4.52 Å². The summed E-state index contributed by atoms with van der Waals surface area (Å²) in [5, 5.41) is 5.63. The molecule has 0 aromatic carbocycles. The highest BCUT2D eigenvalue weighted by atomic mass is 32.2. The molecule has 0 amide bonds.